The summed E-state index contributed by atoms with van der Waals surface area (Å²) in [7, 11) is 0. The van der Waals surface area contributed by atoms with Gasteiger partial charge in [0.2, 0.25) is 0 Å². The number of nitrogens with zero attached hydrogens (tertiary/aromatic N) is 4. The molecule has 3 rings (SSSR count). The summed E-state index contributed by atoms with van der Waals surface area (Å²) in [5, 5.41) is 11.6. The van der Waals surface area contributed by atoms with Gasteiger partial charge in [0, 0.05) is 12.0 Å². The third-order valence-electron chi connectivity index (χ3n) is 2.54. The minimum atomic E-state index is 0.657. The van der Waals surface area contributed by atoms with Crippen LogP contribution in [0.3, 0.4) is 0 Å². The summed E-state index contributed by atoms with van der Waals surface area (Å²) >= 11 is 0. The SMILES string of the molecule is C(=N/n1cnnc1)/c1cccc2c1OCCCO2. The molecule has 0 radical (unpaired) electrons. The van der Waals surface area contributed by atoms with Gasteiger partial charge in [-0.15, -0.1) is 10.2 Å². The first-order chi connectivity index (χ1) is 8.93. The van der Waals surface area contributed by atoms with Gasteiger partial charge in [0.25, 0.3) is 0 Å². The molecule has 0 amide bonds. The Morgan fingerprint density at radius 3 is 2.89 bits per heavy atom. The molecule has 2 heterocycles. The third kappa shape index (κ3) is 2.17. The lowest BCUT2D eigenvalue weighted by molar-refractivity contribution is 0.297. The second-order valence-corrected chi connectivity index (χ2v) is 3.81. The van der Waals surface area contributed by atoms with Gasteiger partial charge in [-0.05, 0) is 12.1 Å². The summed E-state index contributed by atoms with van der Waals surface area (Å²) in [5.74, 6) is 1.51. The maximum absolute atomic E-state index is 5.69. The van der Waals surface area contributed by atoms with Crippen LogP contribution in [0, 0.1) is 0 Å². The van der Waals surface area contributed by atoms with Gasteiger partial charge in [0.1, 0.15) is 12.7 Å². The van der Waals surface area contributed by atoms with E-state index in [1.807, 2.05) is 18.2 Å². The highest BCUT2D eigenvalue weighted by Crippen LogP contribution is 2.32. The van der Waals surface area contributed by atoms with Crippen LogP contribution in [0.4, 0.5) is 0 Å². The molecule has 1 aromatic carbocycles. The van der Waals surface area contributed by atoms with E-state index >= 15 is 0 Å². The van der Waals surface area contributed by atoms with Gasteiger partial charge in [-0.3, -0.25) is 0 Å². The van der Waals surface area contributed by atoms with Crippen LogP contribution in [0.1, 0.15) is 12.0 Å². The average Bonchev–Trinajstić information content (AvgIpc) is 2.79. The van der Waals surface area contributed by atoms with E-state index < -0.39 is 0 Å². The molecule has 0 bridgehead atoms. The number of hydrogen-bond acceptors (Lipinski definition) is 5. The predicted octanol–water partition coefficient (Wildman–Crippen LogP) is 1.32. The molecule has 92 valence electrons. The van der Waals surface area contributed by atoms with Crippen molar-refractivity contribution in [3.63, 3.8) is 0 Å². The molecule has 1 aliphatic rings. The quantitative estimate of drug-likeness (QED) is 0.747. The number of rotatable bonds is 2. The van der Waals surface area contributed by atoms with E-state index in [1.54, 1.807) is 6.21 Å². The largest absolute Gasteiger partial charge is 0.490 e. The van der Waals surface area contributed by atoms with Gasteiger partial charge >= 0.3 is 0 Å². The molecule has 0 aliphatic carbocycles. The summed E-state index contributed by atoms with van der Waals surface area (Å²) in [6.45, 7) is 1.34. The van der Waals surface area contributed by atoms with Crippen molar-refractivity contribution in [1.82, 2.24) is 14.9 Å². The molecule has 1 aliphatic heterocycles. The highest BCUT2D eigenvalue weighted by Gasteiger charge is 2.12. The summed E-state index contributed by atoms with van der Waals surface area (Å²) in [6, 6.07) is 5.75. The first-order valence-corrected chi connectivity index (χ1v) is 5.71. The molecular weight excluding hydrogens is 232 g/mol. The normalized spacial score (nSPS) is 14.7. The molecular formula is C12H12N4O2. The van der Waals surface area contributed by atoms with E-state index in [0.29, 0.717) is 13.2 Å². The van der Waals surface area contributed by atoms with Crippen molar-refractivity contribution in [3.05, 3.63) is 36.4 Å². The molecule has 0 fully saturated rings. The highest BCUT2D eigenvalue weighted by atomic mass is 16.5. The predicted molar refractivity (Wildman–Crippen MR) is 65.1 cm³/mol. The fraction of sp³-hybridized carbons (Fsp3) is 0.250. The van der Waals surface area contributed by atoms with E-state index in [4.69, 9.17) is 9.47 Å². The van der Waals surface area contributed by atoms with Gasteiger partial charge < -0.3 is 9.47 Å². The molecule has 18 heavy (non-hydrogen) atoms. The summed E-state index contributed by atoms with van der Waals surface area (Å²) < 4.78 is 12.8. The zero-order valence-electron chi connectivity index (χ0n) is 9.69. The van der Waals surface area contributed by atoms with Gasteiger partial charge in [-0.1, -0.05) is 6.07 Å². The molecule has 0 spiro atoms. The van der Waals surface area contributed by atoms with E-state index in [2.05, 4.69) is 15.3 Å². The molecule has 6 nitrogen and oxygen atoms in total. The molecule has 2 aromatic rings. The van der Waals surface area contributed by atoms with E-state index in [1.165, 1.54) is 17.3 Å². The molecule has 0 saturated carbocycles. The van der Waals surface area contributed by atoms with Crippen LogP contribution in [0.15, 0.2) is 36.0 Å². The second-order valence-electron chi connectivity index (χ2n) is 3.81. The first kappa shape index (κ1) is 10.8. The fourth-order valence-electron chi connectivity index (χ4n) is 1.70. The maximum Gasteiger partial charge on any atom is 0.169 e. The maximum atomic E-state index is 5.69. The van der Waals surface area contributed by atoms with Crippen LogP contribution < -0.4 is 9.47 Å². The number of ether oxygens (including phenoxy) is 2. The Hall–Kier alpha value is -2.37. The number of fused-ring (bicyclic) bond motifs is 1. The third-order valence-corrected chi connectivity index (χ3v) is 2.54. The van der Waals surface area contributed by atoms with Gasteiger partial charge in [0.15, 0.2) is 11.5 Å². The summed E-state index contributed by atoms with van der Waals surface area (Å²) in [4.78, 5) is 0. The number of hydrogen-bond donors (Lipinski definition) is 0. The van der Waals surface area contributed by atoms with Crippen molar-refractivity contribution in [2.24, 2.45) is 5.10 Å². The molecule has 6 heteroatoms. The molecule has 0 unspecified atom stereocenters. The Kier molecular flexibility index (Phi) is 2.91. The lowest BCUT2D eigenvalue weighted by Gasteiger charge is -2.09. The standard InChI is InChI=1S/C12H12N4O2/c1-3-10(7-15-16-8-13-14-9-16)12-11(4-1)17-5-2-6-18-12/h1,3-4,7-9H,2,5-6H2/b15-7-. The molecule has 0 saturated heterocycles. The number of benzene rings is 1. The zero-order chi connectivity index (χ0) is 12.2. The molecule has 0 atom stereocenters. The van der Waals surface area contributed by atoms with Crippen molar-refractivity contribution < 1.29 is 9.47 Å². The number of para-hydroxylation sites is 1. The Morgan fingerprint density at radius 2 is 2.00 bits per heavy atom. The Morgan fingerprint density at radius 1 is 1.17 bits per heavy atom. The molecule has 0 N–H and O–H groups in total. The van der Waals surface area contributed by atoms with E-state index in [0.717, 1.165) is 23.5 Å². The second kappa shape index (κ2) is 4.87. The van der Waals surface area contributed by atoms with Crippen molar-refractivity contribution >= 4 is 6.21 Å². The lowest BCUT2D eigenvalue weighted by Crippen LogP contribution is -1.98. The van der Waals surface area contributed by atoms with Crippen LogP contribution in [0.5, 0.6) is 11.5 Å². The van der Waals surface area contributed by atoms with E-state index in [9.17, 15) is 0 Å². The Labute approximate surface area is 104 Å². The average molecular weight is 244 g/mol. The minimum absolute atomic E-state index is 0.657. The smallest absolute Gasteiger partial charge is 0.169 e. The summed E-state index contributed by atoms with van der Waals surface area (Å²) in [6.07, 6.45) is 5.64. The highest BCUT2D eigenvalue weighted by molar-refractivity contribution is 5.85. The van der Waals surface area contributed by atoms with Crippen LogP contribution in [0.25, 0.3) is 0 Å². The van der Waals surface area contributed by atoms with Crippen molar-refractivity contribution in [2.45, 2.75) is 6.42 Å². The van der Waals surface area contributed by atoms with Gasteiger partial charge in [0.05, 0.1) is 19.4 Å². The fourth-order valence-corrected chi connectivity index (χ4v) is 1.70. The number of aromatic nitrogens is 3. The van der Waals surface area contributed by atoms with Crippen molar-refractivity contribution in [2.75, 3.05) is 13.2 Å². The van der Waals surface area contributed by atoms with Crippen molar-refractivity contribution in [3.8, 4) is 11.5 Å². The zero-order valence-corrected chi connectivity index (χ0v) is 9.69. The van der Waals surface area contributed by atoms with E-state index in [-0.39, 0.29) is 0 Å². The lowest BCUT2D eigenvalue weighted by atomic mass is 10.2. The summed E-state index contributed by atoms with van der Waals surface area (Å²) in [5.41, 5.74) is 0.878. The minimum Gasteiger partial charge on any atom is -0.490 e. The monoisotopic (exact) mass is 244 g/mol. The van der Waals surface area contributed by atoms with Crippen LogP contribution in [-0.4, -0.2) is 34.3 Å². The Bertz CT molecular complexity index is 551. The van der Waals surface area contributed by atoms with Crippen molar-refractivity contribution in [1.29, 1.82) is 0 Å². The topological polar surface area (TPSA) is 61.5 Å². The van der Waals surface area contributed by atoms with Gasteiger partial charge in [-0.2, -0.15) is 5.10 Å². The van der Waals surface area contributed by atoms with Crippen LogP contribution in [0.2, 0.25) is 0 Å². The van der Waals surface area contributed by atoms with Crippen LogP contribution in [-0.2, 0) is 0 Å². The van der Waals surface area contributed by atoms with Gasteiger partial charge in [-0.25, -0.2) is 4.68 Å². The van der Waals surface area contributed by atoms with Crippen LogP contribution >= 0.6 is 0 Å². The molecule has 1 aromatic heterocycles. The first-order valence-electron chi connectivity index (χ1n) is 5.71. The Balaban J connectivity index is 1.92.